The Bertz CT molecular complexity index is 859. The van der Waals surface area contributed by atoms with Crippen LogP contribution >= 0.6 is 0 Å². The smallest absolute Gasteiger partial charge is 0.254 e. The zero-order valence-electron chi connectivity index (χ0n) is 16.4. The Morgan fingerprint density at radius 3 is 2.56 bits per heavy atom. The average Bonchev–Trinajstić information content (AvgIpc) is 2.93. The van der Waals surface area contributed by atoms with Gasteiger partial charge in [0.1, 0.15) is 5.75 Å². The van der Waals surface area contributed by atoms with E-state index >= 15 is 0 Å². The van der Waals surface area contributed by atoms with Gasteiger partial charge in [0.2, 0.25) is 0 Å². The summed E-state index contributed by atoms with van der Waals surface area (Å²) in [6, 6.07) is 4.95. The molecular weight excluding hydrogens is 364 g/mol. The first kappa shape index (κ1) is 19.9. The lowest BCUT2D eigenvalue weighted by atomic mass is 10.0. The molecule has 2 fully saturated rings. The number of hydrogen-bond donors (Lipinski definition) is 0. The van der Waals surface area contributed by atoms with Crippen LogP contribution in [0.25, 0.3) is 0 Å². The van der Waals surface area contributed by atoms with E-state index in [2.05, 4.69) is 11.0 Å². The molecule has 0 saturated carbocycles. The van der Waals surface area contributed by atoms with Crippen LogP contribution in [0.1, 0.15) is 29.8 Å². The van der Waals surface area contributed by atoms with E-state index in [9.17, 15) is 13.2 Å². The predicted molar refractivity (Wildman–Crippen MR) is 106 cm³/mol. The van der Waals surface area contributed by atoms with Gasteiger partial charge in [-0.1, -0.05) is 11.6 Å². The van der Waals surface area contributed by atoms with Crippen LogP contribution in [0.5, 0.6) is 5.75 Å². The first-order chi connectivity index (χ1) is 12.7. The van der Waals surface area contributed by atoms with Crippen LogP contribution in [-0.2, 0) is 9.84 Å². The van der Waals surface area contributed by atoms with Gasteiger partial charge in [0, 0.05) is 31.2 Å². The Hall–Kier alpha value is -1.86. The van der Waals surface area contributed by atoms with Crippen LogP contribution in [0.15, 0.2) is 29.8 Å². The molecule has 2 aliphatic rings. The van der Waals surface area contributed by atoms with Crippen molar-refractivity contribution in [2.24, 2.45) is 0 Å². The highest BCUT2D eigenvalue weighted by atomic mass is 32.2. The topological polar surface area (TPSA) is 66.9 Å². The Balaban J connectivity index is 1.87. The van der Waals surface area contributed by atoms with Crippen molar-refractivity contribution in [3.05, 3.63) is 41.0 Å². The summed E-state index contributed by atoms with van der Waals surface area (Å²) in [4.78, 5) is 17.2. The second-order valence-corrected chi connectivity index (χ2v) is 9.82. The molecule has 7 heteroatoms. The average molecular weight is 393 g/mol. The molecule has 0 bridgehead atoms. The molecule has 2 atom stereocenters. The molecule has 2 aliphatic heterocycles. The maximum absolute atomic E-state index is 13.2. The maximum atomic E-state index is 13.2. The number of carbonyl (C=O) groups is 1. The molecule has 1 amide bonds. The SMILES string of the molecule is COc1ccc(C(=O)N2CCN(CC=C(C)C)C3CS(=O)(=O)CC32)c(C)c1. The van der Waals surface area contributed by atoms with Gasteiger partial charge in [0.05, 0.1) is 24.7 Å². The molecule has 2 saturated heterocycles. The van der Waals surface area contributed by atoms with E-state index in [0.29, 0.717) is 24.4 Å². The number of carbonyl (C=O) groups excluding carboxylic acids is 1. The van der Waals surface area contributed by atoms with Crippen molar-refractivity contribution in [1.29, 1.82) is 0 Å². The molecule has 2 unspecified atom stereocenters. The molecule has 6 nitrogen and oxygen atoms in total. The molecule has 2 heterocycles. The van der Waals surface area contributed by atoms with Crippen molar-refractivity contribution >= 4 is 15.7 Å². The summed E-state index contributed by atoms with van der Waals surface area (Å²) in [6.07, 6.45) is 2.12. The number of amides is 1. The molecule has 0 aliphatic carbocycles. The number of piperazine rings is 1. The fourth-order valence-corrected chi connectivity index (χ4v) is 5.97. The number of allylic oxidation sites excluding steroid dienone is 1. The van der Waals surface area contributed by atoms with Crippen molar-refractivity contribution in [2.75, 3.05) is 38.2 Å². The van der Waals surface area contributed by atoms with Gasteiger partial charge in [-0.05, 0) is 44.5 Å². The predicted octanol–water partition coefficient (Wildman–Crippen LogP) is 1.89. The third kappa shape index (κ3) is 4.19. The van der Waals surface area contributed by atoms with Crippen molar-refractivity contribution in [1.82, 2.24) is 9.80 Å². The summed E-state index contributed by atoms with van der Waals surface area (Å²) in [5, 5.41) is 0. The Labute approximate surface area is 161 Å². The lowest BCUT2D eigenvalue weighted by molar-refractivity contribution is 0.0367. The van der Waals surface area contributed by atoms with Crippen LogP contribution in [-0.4, -0.2) is 74.5 Å². The first-order valence-electron chi connectivity index (χ1n) is 9.25. The number of hydrogen-bond acceptors (Lipinski definition) is 5. The largest absolute Gasteiger partial charge is 0.497 e. The second-order valence-electron chi connectivity index (χ2n) is 7.67. The molecule has 1 aromatic rings. The van der Waals surface area contributed by atoms with Gasteiger partial charge in [-0.2, -0.15) is 0 Å². The Morgan fingerprint density at radius 1 is 1.22 bits per heavy atom. The monoisotopic (exact) mass is 392 g/mol. The number of rotatable bonds is 4. The first-order valence-corrected chi connectivity index (χ1v) is 11.1. The van der Waals surface area contributed by atoms with E-state index in [0.717, 1.165) is 12.1 Å². The summed E-state index contributed by atoms with van der Waals surface area (Å²) in [7, 11) is -1.55. The molecule has 0 N–H and O–H groups in total. The van der Waals surface area contributed by atoms with Gasteiger partial charge < -0.3 is 9.64 Å². The minimum absolute atomic E-state index is 0.0456. The third-order valence-electron chi connectivity index (χ3n) is 5.45. The number of aryl methyl sites for hydroxylation is 1. The zero-order chi connectivity index (χ0) is 19.8. The van der Waals surface area contributed by atoms with Crippen molar-refractivity contribution in [3.8, 4) is 5.75 Å². The second kappa shape index (κ2) is 7.64. The minimum Gasteiger partial charge on any atom is -0.497 e. The van der Waals surface area contributed by atoms with E-state index in [1.807, 2.05) is 26.8 Å². The number of benzene rings is 1. The molecule has 27 heavy (non-hydrogen) atoms. The van der Waals surface area contributed by atoms with Crippen LogP contribution in [0, 0.1) is 6.92 Å². The Morgan fingerprint density at radius 2 is 1.93 bits per heavy atom. The minimum atomic E-state index is -3.15. The lowest BCUT2D eigenvalue weighted by Crippen LogP contribution is -2.60. The van der Waals surface area contributed by atoms with Crippen molar-refractivity contribution in [3.63, 3.8) is 0 Å². The molecule has 1 aromatic carbocycles. The highest BCUT2D eigenvalue weighted by Gasteiger charge is 2.47. The summed E-state index contributed by atoms with van der Waals surface area (Å²) in [5.41, 5.74) is 2.65. The summed E-state index contributed by atoms with van der Waals surface area (Å²) < 4.78 is 29.9. The number of methoxy groups -OCH3 is 1. The van der Waals surface area contributed by atoms with Gasteiger partial charge in [-0.25, -0.2) is 8.42 Å². The van der Waals surface area contributed by atoms with E-state index in [-0.39, 0.29) is 29.5 Å². The fraction of sp³-hybridized carbons (Fsp3) is 0.550. The van der Waals surface area contributed by atoms with Crippen molar-refractivity contribution < 1.29 is 17.9 Å². The van der Waals surface area contributed by atoms with Crippen LogP contribution in [0.2, 0.25) is 0 Å². The van der Waals surface area contributed by atoms with E-state index in [4.69, 9.17) is 4.74 Å². The zero-order valence-corrected chi connectivity index (χ0v) is 17.3. The molecule has 148 valence electrons. The number of sulfone groups is 1. The summed E-state index contributed by atoms with van der Waals surface area (Å²) in [6.45, 7) is 7.90. The molecule has 0 aromatic heterocycles. The maximum Gasteiger partial charge on any atom is 0.254 e. The third-order valence-corrected chi connectivity index (χ3v) is 7.15. The molecule has 0 radical (unpaired) electrons. The van der Waals surface area contributed by atoms with Crippen LogP contribution < -0.4 is 4.74 Å². The molecular formula is C20H28N2O4S. The van der Waals surface area contributed by atoms with Gasteiger partial charge >= 0.3 is 0 Å². The van der Waals surface area contributed by atoms with E-state index in [1.54, 1.807) is 24.1 Å². The van der Waals surface area contributed by atoms with Gasteiger partial charge in [-0.3, -0.25) is 9.69 Å². The molecule has 3 rings (SSSR count). The normalized spacial score (nSPS) is 24.4. The van der Waals surface area contributed by atoms with Crippen LogP contribution in [0.4, 0.5) is 0 Å². The lowest BCUT2D eigenvalue weighted by Gasteiger charge is -2.43. The summed E-state index contributed by atoms with van der Waals surface area (Å²) >= 11 is 0. The van der Waals surface area contributed by atoms with E-state index < -0.39 is 9.84 Å². The Kier molecular flexibility index (Phi) is 5.63. The summed E-state index contributed by atoms with van der Waals surface area (Å²) in [5.74, 6) is 0.782. The highest BCUT2D eigenvalue weighted by molar-refractivity contribution is 7.91. The highest BCUT2D eigenvalue weighted by Crippen LogP contribution is 2.29. The standard InChI is InChI=1S/C20H28N2O4S/c1-14(2)7-8-21-9-10-22(19-13-27(24,25)12-18(19)21)20(23)17-6-5-16(26-4)11-15(17)3/h5-7,11,18-19H,8-10,12-13H2,1-4H3. The quantitative estimate of drug-likeness (QED) is 0.732. The van der Waals surface area contributed by atoms with Gasteiger partial charge in [-0.15, -0.1) is 0 Å². The molecule has 0 spiro atoms. The number of fused-ring (bicyclic) bond motifs is 1. The number of nitrogens with zero attached hydrogens (tertiary/aromatic N) is 2. The van der Waals surface area contributed by atoms with Crippen LogP contribution in [0.3, 0.4) is 0 Å². The van der Waals surface area contributed by atoms with Gasteiger partial charge in [0.25, 0.3) is 5.91 Å². The van der Waals surface area contributed by atoms with Gasteiger partial charge in [0.15, 0.2) is 9.84 Å². The van der Waals surface area contributed by atoms with Crippen molar-refractivity contribution in [2.45, 2.75) is 32.9 Å². The van der Waals surface area contributed by atoms with E-state index in [1.165, 1.54) is 5.57 Å². The number of ether oxygens (including phenoxy) is 1. The fourth-order valence-electron chi connectivity index (χ4n) is 3.96.